The van der Waals surface area contributed by atoms with Crippen LogP contribution in [0.5, 0.6) is 0 Å². The van der Waals surface area contributed by atoms with Crippen LogP contribution < -0.4 is 9.80 Å². The van der Waals surface area contributed by atoms with Crippen molar-refractivity contribution in [3.8, 4) is 0 Å². The Morgan fingerprint density at radius 2 is 1.76 bits per heavy atom. The van der Waals surface area contributed by atoms with E-state index in [4.69, 9.17) is 0 Å². The number of hydrogen-bond donors (Lipinski definition) is 0. The molecule has 2 aromatic carbocycles. The molecule has 0 radical (unpaired) electrons. The number of piperazine rings is 1. The van der Waals surface area contributed by atoms with Gasteiger partial charge in [0, 0.05) is 43.8 Å². The highest BCUT2D eigenvalue weighted by Gasteiger charge is 2.21. The number of carbonyl (C=O) groups excluding carboxylic acids is 1. The van der Waals surface area contributed by atoms with Crippen molar-refractivity contribution < 1.29 is 9.18 Å². The van der Waals surface area contributed by atoms with Crippen molar-refractivity contribution in [2.24, 2.45) is 0 Å². The average molecular weight is 414 g/mol. The first-order chi connectivity index (χ1) is 14.1. The minimum absolute atomic E-state index is 0.176. The fourth-order valence-electron chi connectivity index (χ4n) is 4.02. The Bertz CT molecular complexity index is 850. The molecule has 6 heteroatoms. The molecule has 0 unspecified atom stereocenters. The van der Waals surface area contributed by atoms with Crippen molar-refractivity contribution in [3.63, 3.8) is 0 Å². The standard InChI is InChI=1S/C23H28FN3OS/c1-25-21-10-5-18(16-22(21)29-17-23(25)28)4-2-3-11-26-12-14-27(15-13-26)20-8-6-19(24)7-9-20/h5-10,16H,2-4,11-15,17H2,1H3. The molecule has 0 saturated carbocycles. The van der Waals surface area contributed by atoms with Gasteiger partial charge in [0.25, 0.3) is 0 Å². The van der Waals surface area contributed by atoms with Gasteiger partial charge in [-0.2, -0.15) is 0 Å². The van der Waals surface area contributed by atoms with Gasteiger partial charge in [0.2, 0.25) is 5.91 Å². The zero-order valence-electron chi connectivity index (χ0n) is 16.9. The highest BCUT2D eigenvalue weighted by molar-refractivity contribution is 8.00. The van der Waals surface area contributed by atoms with Crippen molar-refractivity contribution in [2.45, 2.75) is 24.2 Å². The number of carbonyl (C=O) groups is 1. The van der Waals surface area contributed by atoms with E-state index in [1.165, 1.54) is 35.4 Å². The second kappa shape index (κ2) is 9.18. The van der Waals surface area contributed by atoms with Gasteiger partial charge in [0.1, 0.15) is 5.82 Å². The van der Waals surface area contributed by atoms with Gasteiger partial charge in [-0.05, 0) is 67.8 Å². The minimum Gasteiger partial charge on any atom is -0.369 e. The van der Waals surface area contributed by atoms with Gasteiger partial charge in [0.05, 0.1) is 11.4 Å². The number of aryl methyl sites for hydroxylation is 1. The molecule has 0 spiro atoms. The number of fused-ring (bicyclic) bond motifs is 1. The molecule has 4 nitrogen and oxygen atoms in total. The van der Waals surface area contributed by atoms with E-state index in [-0.39, 0.29) is 11.7 Å². The van der Waals surface area contributed by atoms with Crippen LogP contribution in [-0.4, -0.2) is 56.3 Å². The molecule has 0 aliphatic carbocycles. The molecular formula is C23H28FN3OS. The normalized spacial score (nSPS) is 17.5. The summed E-state index contributed by atoms with van der Waals surface area (Å²) in [6, 6.07) is 13.3. The van der Waals surface area contributed by atoms with E-state index in [9.17, 15) is 9.18 Å². The van der Waals surface area contributed by atoms with Crippen molar-refractivity contribution in [3.05, 3.63) is 53.8 Å². The summed E-state index contributed by atoms with van der Waals surface area (Å²) >= 11 is 1.65. The molecule has 4 rings (SSSR count). The van der Waals surface area contributed by atoms with Crippen molar-refractivity contribution in [2.75, 3.05) is 55.3 Å². The van der Waals surface area contributed by atoms with Crippen molar-refractivity contribution >= 4 is 29.0 Å². The molecule has 0 N–H and O–H groups in total. The number of thioether (sulfide) groups is 1. The topological polar surface area (TPSA) is 26.8 Å². The van der Waals surface area contributed by atoms with Gasteiger partial charge in [-0.15, -0.1) is 11.8 Å². The Kier molecular flexibility index (Phi) is 6.40. The summed E-state index contributed by atoms with van der Waals surface area (Å²) in [4.78, 5) is 19.7. The third-order valence-electron chi connectivity index (χ3n) is 5.86. The number of rotatable bonds is 6. The lowest BCUT2D eigenvalue weighted by molar-refractivity contribution is -0.116. The van der Waals surface area contributed by atoms with Crippen LogP contribution in [-0.2, 0) is 11.2 Å². The van der Waals surface area contributed by atoms with Crippen molar-refractivity contribution in [1.82, 2.24) is 4.90 Å². The van der Waals surface area contributed by atoms with Gasteiger partial charge in [-0.3, -0.25) is 9.69 Å². The molecule has 1 amide bonds. The van der Waals surface area contributed by atoms with Gasteiger partial charge >= 0.3 is 0 Å². The summed E-state index contributed by atoms with van der Waals surface area (Å²) in [5, 5.41) is 0. The van der Waals surface area contributed by atoms with Crippen LogP contribution >= 0.6 is 11.8 Å². The SMILES string of the molecule is CN1C(=O)CSc2cc(CCCCN3CCN(c4ccc(F)cc4)CC3)ccc21. The van der Waals surface area contributed by atoms with Crippen LogP contribution in [0.15, 0.2) is 47.4 Å². The summed E-state index contributed by atoms with van der Waals surface area (Å²) in [7, 11) is 1.86. The fourth-order valence-corrected chi connectivity index (χ4v) is 5.08. The molecule has 2 aliphatic rings. The third kappa shape index (κ3) is 4.93. The van der Waals surface area contributed by atoms with Crippen LogP contribution in [0.1, 0.15) is 18.4 Å². The third-order valence-corrected chi connectivity index (χ3v) is 6.89. The van der Waals surface area contributed by atoms with E-state index in [0.29, 0.717) is 5.75 Å². The maximum absolute atomic E-state index is 13.1. The second-order valence-electron chi connectivity index (χ2n) is 7.81. The molecule has 154 valence electrons. The highest BCUT2D eigenvalue weighted by atomic mass is 32.2. The Balaban J connectivity index is 1.19. The Hall–Kier alpha value is -2.05. The van der Waals surface area contributed by atoms with E-state index in [1.54, 1.807) is 16.7 Å². The van der Waals surface area contributed by atoms with E-state index >= 15 is 0 Å². The molecule has 1 fully saturated rings. The molecule has 0 aromatic heterocycles. The number of halogens is 1. The Morgan fingerprint density at radius 1 is 1.00 bits per heavy atom. The molecule has 0 atom stereocenters. The van der Waals surface area contributed by atoms with E-state index in [0.717, 1.165) is 50.5 Å². The van der Waals surface area contributed by atoms with Gasteiger partial charge in [-0.1, -0.05) is 6.07 Å². The first-order valence-electron chi connectivity index (χ1n) is 10.4. The number of amides is 1. The van der Waals surface area contributed by atoms with Crippen molar-refractivity contribution in [1.29, 1.82) is 0 Å². The lowest BCUT2D eigenvalue weighted by atomic mass is 10.1. The monoisotopic (exact) mass is 413 g/mol. The maximum Gasteiger partial charge on any atom is 0.237 e. The predicted molar refractivity (Wildman–Crippen MR) is 119 cm³/mol. The van der Waals surface area contributed by atoms with Crippen LogP contribution in [0.4, 0.5) is 15.8 Å². The molecule has 1 saturated heterocycles. The number of unbranched alkanes of at least 4 members (excludes halogenated alkanes) is 1. The van der Waals surface area contributed by atoms with Gasteiger partial charge in [0.15, 0.2) is 0 Å². The first kappa shape index (κ1) is 20.2. The molecular weight excluding hydrogens is 385 g/mol. The van der Waals surface area contributed by atoms with Gasteiger partial charge < -0.3 is 9.80 Å². The fraction of sp³-hybridized carbons (Fsp3) is 0.435. The van der Waals surface area contributed by atoms with Crippen LogP contribution in [0.2, 0.25) is 0 Å². The largest absolute Gasteiger partial charge is 0.369 e. The van der Waals surface area contributed by atoms with E-state index in [2.05, 4.69) is 28.0 Å². The van der Waals surface area contributed by atoms with Crippen LogP contribution in [0.3, 0.4) is 0 Å². The zero-order valence-corrected chi connectivity index (χ0v) is 17.8. The molecule has 29 heavy (non-hydrogen) atoms. The number of hydrogen-bond acceptors (Lipinski definition) is 4. The molecule has 2 heterocycles. The molecule has 0 bridgehead atoms. The number of nitrogens with zero attached hydrogens (tertiary/aromatic N) is 3. The predicted octanol–water partition coefficient (Wildman–Crippen LogP) is 4.04. The quantitative estimate of drug-likeness (QED) is 0.668. The van der Waals surface area contributed by atoms with E-state index < -0.39 is 0 Å². The molecule has 2 aliphatic heterocycles. The Labute approximate surface area is 176 Å². The zero-order chi connectivity index (χ0) is 20.2. The first-order valence-corrected chi connectivity index (χ1v) is 11.3. The maximum atomic E-state index is 13.1. The smallest absolute Gasteiger partial charge is 0.237 e. The lowest BCUT2D eigenvalue weighted by Crippen LogP contribution is -2.46. The highest BCUT2D eigenvalue weighted by Crippen LogP contribution is 2.35. The van der Waals surface area contributed by atoms with Gasteiger partial charge in [-0.25, -0.2) is 4.39 Å². The molecule has 2 aromatic rings. The van der Waals surface area contributed by atoms with Crippen LogP contribution in [0, 0.1) is 5.82 Å². The average Bonchev–Trinajstić information content (AvgIpc) is 2.75. The summed E-state index contributed by atoms with van der Waals surface area (Å²) in [5.74, 6) is 0.539. The number of anilines is 2. The second-order valence-corrected chi connectivity index (χ2v) is 8.82. The lowest BCUT2D eigenvalue weighted by Gasteiger charge is -2.36. The summed E-state index contributed by atoms with van der Waals surface area (Å²) in [6.07, 6.45) is 3.45. The van der Waals surface area contributed by atoms with Crippen LogP contribution in [0.25, 0.3) is 0 Å². The number of benzene rings is 2. The summed E-state index contributed by atoms with van der Waals surface area (Å²) in [5.41, 5.74) is 3.51. The Morgan fingerprint density at radius 3 is 2.52 bits per heavy atom. The summed E-state index contributed by atoms with van der Waals surface area (Å²) in [6.45, 7) is 5.26. The summed E-state index contributed by atoms with van der Waals surface area (Å²) < 4.78 is 13.1. The minimum atomic E-state index is -0.176. The van der Waals surface area contributed by atoms with E-state index in [1.807, 2.05) is 19.2 Å².